The average Bonchev–Trinajstić information content (AvgIpc) is 2.69. The number of amides is 1. The number of hydrogen-bond acceptors (Lipinski definition) is 4. The molecule has 0 spiro atoms. The Morgan fingerprint density at radius 2 is 1.86 bits per heavy atom. The quantitative estimate of drug-likeness (QED) is 0.772. The van der Waals surface area contributed by atoms with E-state index < -0.39 is 24.7 Å². The number of carbonyl (C=O) groups excluding carboxylic acids is 1. The highest BCUT2D eigenvalue weighted by atomic mass is 19.4. The van der Waals surface area contributed by atoms with Gasteiger partial charge in [0.2, 0.25) is 0 Å². The Kier molecular flexibility index (Phi) is 7.18. The third-order valence-electron chi connectivity index (χ3n) is 5.40. The van der Waals surface area contributed by atoms with Crippen molar-refractivity contribution < 1.29 is 22.7 Å². The zero-order valence-electron chi connectivity index (χ0n) is 15.9. The van der Waals surface area contributed by atoms with Crippen molar-refractivity contribution in [2.24, 2.45) is 0 Å². The molecule has 1 heterocycles. The van der Waals surface area contributed by atoms with E-state index in [2.05, 4.69) is 10.6 Å². The lowest BCUT2D eigenvalue weighted by molar-refractivity contribution is -0.183. The van der Waals surface area contributed by atoms with Crippen LogP contribution < -0.4 is 15.4 Å². The van der Waals surface area contributed by atoms with E-state index in [1.165, 1.54) is 11.3 Å². The van der Waals surface area contributed by atoms with Crippen molar-refractivity contribution in [3.63, 3.8) is 0 Å². The van der Waals surface area contributed by atoms with Crippen LogP contribution in [0.25, 0.3) is 0 Å². The standard InChI is InChI=1S/C20H28F3N3O2/c21-20(22,23)18(26-12-10-24-11-13-26)14-25-19(27)16-8-4-5-9-17(16)28-15-6-2-1-3-7-15/h4-5,8-9,15,18,24H,1-3,6-7,10-14H2,(H,25,27). The van der Waals surface area contributed by atoms with Gasteiger partial charge in [0, 0.05) is 32.7 Å². The fourth-order valence-corrected chi connectivity index (χ4v) is 3.85. The van der Waals surface area contributed by atoms with Crippen LogP contribution in [-0.4, -0.2) is 61.9 Å². The number of hydrogen-bond donors (Lipinski definition) is 2. The maximum atomic E-state index is 13.5. The molecule has 1 saturated carbocycles. The molecule has 0 aromatic heterocycles. The van der Waals surface area contributed by atoms with Crippen molar-refractivity contribution in [1.29, 1.82) is 0 Å². The summed E-state index contributed by atoms with van der Waals surface area (Å²) in [4.78, 5) is 14.0. The van der Waals surface area contributed by atoms with Crippen LogP contribution in [0.4, 0.5) is 13.2 Å². The minimum absolute atomic E-state index is 0.0615. The lowest BCUT2D eigenvalue weighted by Crippen LogP contribution is -2.57. The number of nitrogens with one attached hydrogen (secondary N) is 2. The summed E-state index contributed by atoms with van der Waals surface area (Å²) >= 11 is 0. The number of alkyl halides is 3. The highest BCUT2D eigenvalue weighted by molar-refractivity contribution is 5.96. The molecule has 8 heteroatoms. The topological polar surface area (TPSA) is 53.6 Å². The van der Waals surface area contributed by atoms with Crippen LogP contribution in [0.15, 0.2) is 24.3 Å². The van der Waals surface area contributed by atoms with Gasteiger partial charge in [0.15, 0.2) is 0 Å². The molecular formula is C20H28F3N3O2. The molecule has 1 aromatic carbocycles. The van der Waals surface area contributed by atoms with Crippen LogP contribution in [0.2, 0.25) is 0 Å². The second-order valence-corrected chi connectivity index (χ2v) is 7.43. The Hall–Kier alpha value is -1.80. The van der Waals surface area contributed by atoms with Crippen molar-refractivity contribution in [3.8, 4) is 5.75 Å². The van der Waals surface area contributed by atoms with Crippen molar-refractivity contribution in [3.05, 3.63) is 29.8 Å². The Bertz CT molecular complexity index is 642. The first-order valence-corrected chi connectivity index (χ1v) is 10.0. The van der Waals surface area contributed by atoms with Gasteiger partial charge in [0.1, 0.15) is 11.8 Å². The van der Waals surface area contributed by atoms with E-state index in [-0.39, 0.29) is 11.7 Å². The average molecular weight is 399 g/mol. The second kappa shape index (κ2) is 9.60. The summed E-state index contributed by atoms with van der Waals surface area (Å²) in [5.41, 5.74) is 0.286. The van der Waals surface area contributed by atoms with Gasteiger partial charge in [-0.3, -0.25) is 9.69 Å². The maximum Gasteiger partial charge on any atom is 0.405 e. The molecule has 3 rings (SSSR count). The molecule has 2 aliphatic rings. The van der Waals surface area contributed by atoms with Crippen LogP contribution in [0.3, 0.4) is 0 Å². The third kappa shape index (κ3) is 5.61. The maximum absolute atomic E-state index is 13.5. The van der Waals surface area contributed by atoms with Gasteiger partial charge >= 0.3 is 6.18 Å². The van der Waals surface area contributed by atoms with Gasteiger partial charge in [-0.05, 0) is 37.8 Å². The van der Waals surface area contributed by atoms with E-state index in [1.807, 2.05) is 0 Å². The SMILES string of the molecule is O=C(NCC(N1CCNCC1)C(F)(F)F)c1ccccc1OC1CCCCC1. The van der Waals surface area contributed by atoms with Gasteiger partial charge in [0.25, 0.3) is 5.91 Å². The Balaban J connectivity index is 1.64. The molecule has 1 aromatic rings. The lowest BCUT2D eigenvalue weighted by Gasteiger charge is -2.36. The van der Waals surface area contributed by atoms with Gasteiger partial charge in [-0.15, -0.1) is 0 Å². The van der Waals surface area contributed by atoms with E-state index in [0.717, 1.165) is 25.7 Å². The van der Waals surface area contributed by atoms with E-state index in [4.69, 9.17) is 4.74 Å². The molecule has 1 unspecified atom stereocenters. The first kappa shape index (κ1) is 20.9. The number of ether oxygens (including phenoxy) is 1. The van der Waals surface area contributed by atoms with Crippen LogP contribution in [0.5, 0.6) is 5.75 Å². The second-order valence-electron chi connectivity index (χ2n) is 7.43. The predicted octanol–water partition coefficient (Wildman–Crippen LogP) is 2.96. The fraction of sp³-hybridized carbons (Fsp3) is 0.650. The minimum Gasteiger partial charge on any atom is -0.490 e. The van der Waals surface area contributed by atoms with Gasteiger partial charge in [0.05, 0.1) is 11.7 Å². The molecule has 2 N–H and O–H groups in total. The van der Waals surface area contributed by atoms with Gasteiger partial charge in [-0.2, -0.15) is 13.2 Å². The monoisotopic (exact) mass is 399 g/mol. The Morgan fingerprint density at radius 3 is 2.54 bits per heavy atom. The summed E-state index contributed by atoms with van der Waals surface area (Å²) < 4.78 is 46.5. The highest BCUT2D eigenvalue weighted by Gasteiger charge is 2.43. The summed E-state index contributed by atoms with van der Waals surface area (Å²) in [5.74, 6) is -0.0894. The molecule has 1 amide bonds. The molecule has 28 heavy (non-hydrogen) atoms. The molecule has 156 valence electrons. The number of benzene rings is 1. The van der Waals surface area contributed by atoms with Crippen molar-refractivity contribution in [1.82, 2.24) is 15.5 Å². The summed E-state index contributed by atoms with van der Waals surface area (Å²) in [6.07, 6.45) is 0.916. The zero-order chi connectivity index (χ0) is 20.0. The lowest BCUT2D eigenvalue weighted by atomic mass is 9.97. The van der Waals surface area contributed by atoms with Crippen LogP contribution in [0.1, 0.15) is 42.5 Å². The van der Waals surface area contributed by atoms with Gasteiger partial charge in [-0.1, -0.05) is 18.6 Å². The number of piperazine rings is 1. The van der Waals surface area contributed by atoms with Crippen molar-refractivity contribution in [2.45, 2.75) is 50.4 Å². The summed E-state index contributed by atoms with van der Waals surface area (Å²) in [6.45, 7) is 1.17. The van der Waals surface area contributed by atoms with E-state index >= 15 is 0 Å². The molecule has 5 nitrogen and oxygen atoms in total. The minimum atomic E-state index is -4.40. The number of carbonyl (C=O) groups is 1. The van der Waals surface area contributed by atoms with Crippen LogP contribution in [0, 0.1) is 0 Å². The van der Waals surface area contributed by atoms with Crippen LogP contribution >= 0.6 is 0 Å². The fourth-order valence-electron chi connectivity index (χ4n) is 3.85. The Morgan fingerprint density at radius 1 is 1.18 bits per heavy atom. The molecule has 1 saturated heterocycles. The van der Waals surface area contributed by atoms with Gasteiger partial charge < -0.3 is 15.4 Å². The molecule has 0 bridgehead atoms. The van der Waals surface area contributed by atoms with Crippen molar-refractivity contribution in [2.75, 3.05) is 32.7 Å². The van der Waals surface area contributed by atoms with Gasteiger partial charge in [-0.25, -0.2) is 0 Å². The summed E-state index contributed by atoms with van der Waals surface area (Å²) in [7, 11) is 0. The molecule has 2 fully saturated rings. The molecule has 0 radical (unpaired) electrons. The van der Waals surface area contributed by atoms with Crippen molar-refractivity contribution >= 4 is 5.91 Å². The zero-order valence-corrected chi connectivity index (χ0v) is 15.9. The molecule has 1 atom stereocenters. The number of rotatable bonds is 6. The number of nitrogens with zero attached hydrogens (tertiary/aromatic N) is 1. The molecular weight excluding hydrogens is 371 g/mol. The summed E-state index contributed by atoms with van der Waals surface area (Å²) in [6, 6.07) is 5.08. The Labute approximate surface area is 163 Å². The van der Waals surface area contributed by atoms with E-state index in [9.17, 15) is 18.0 Å². The molecule has 1 aliphatic heterocycles. The van der Waals surface area contributed by atoms with Crippen LogP contribution in [-0.2, 0) is 0 Å². The number of para-hydroxylation sites is 1. The third-order valence-corrected chi connectivity index (χ3v) is 5.40. The molecule has 1 aliphatic carbocycles. The summed E-state index contributed by atoms with van der Waals surface area (Å²) in [5, 5.41) is 5.52. The first-order chi connectivity index (χ1) is 13.4. The predicted molar refractivity (Wildman–Crippen MR) is 101 cm³/mol. The normalized spacial score (nSPS) is 20.5. The largest absolute Gasteiger partial charge is 0.490 e. The van der Waals surface area contributed by atoms with E-state index in [0.29, 0.717) is 31.9 Å². The number of halogens is 3. The highest BCUT2D eigenvalue weighted by Crippen LogP contribution is 2.27. The first-order valence-electron chi connectivity index (χ1n) is 10.0. The van der Waals surface area contributed by atoms with E-state index in [1.54, 1.807) is 24.3 Å². The smallest absolute Gasteiger partial charge is 0.405 e.